The van der Waals surface area contributed by atoms with Crippen LogP contribution in [0.25, 0.3) is 10.9 Å². The van der Waals surface area contributed by atoms with Gasteiger partial charge in [-0.05, 0) is 49.4 Å². The minimum atomic E-state index is 0.648. The summed E-state index contributed by atoms with van der Waals surface area (Å²) in [7, 11) is 0. The van der Waals surface area contributed by atoms with Gasteiger partial charge in [-0.2, -0.15) is 5.10 Å². The number of aryl methyl sites for hydroxylation is 1. The molecule has 1 atom stereocenters. The van der Waals surface area contributed by atoms with E-state index in [-0.39, 0.29) is 0 Å². The highest BCUT2D eigenvalue weighted by molar-refractivity contribution is 5.83. The molecule has 2 N–H and O–H groups in total. The van der Waals surface area contributed by atoms with E-state index in [9.17, 15) is 0 Å². The molecule has 2 heterocycles. The maximum absolute atomic E-state index is 4.15. The lowest BCUT2D eigenvalue weighted by Crippen LogP contribution is -2.28. The predicted octanol–water partition coefficient (Wildman–Crippen LogP) is 2.34. The number of hydrogen-bond acceptors (Lipinski definition) is 2. The summed E-state index contributed by atoms with van der Waals surface area (Å²) < 4.78 is 0. The van der Waals surface area contributed by atoms with Crippen LogP contribution < -0.4 is 5.32 Å². The molecule has 1 aromatic heterocycles. The van der Waals surface area contributed by atoms with Gasteiger partial charge < -0.3 is 5.32 Å². The normalized spacial score (nSPS) is 21.4. The Morgan fingerprint density at radius 2 is 2.31 bits per heavy atom. The van der Waals surface area contributed by atoms with E-state index in [1.807, 2.05) is 6.20 Å². The Morgan fingerprint density at radius 1 is 1.38 bits per heavy atom. The smallest absolute Gasteiger partial charge is 0.0653 e. The third kappa shape index (κ3) is 1.52. The van der Waals surface area contributed by atoms with E-state index in [4.69, 9.17) is 0 Å². The molecule has 0 aliphatic carbocycles. The highest BCUT2D eigenvalue weighted by Gasteiger charge is 2.19. The number of fused-ring (bicyclic) bond motifs is 1. The molecule has 3 heteroatoms. The van der Waals surface area contributed by atoms with Crippen LogP contribution in [0.2, 0.25) is 0 Å². The Hall–Kier alpha value is -1.35. The zero-order chi connectivity index (χ0) is 11.0. The van der Waals surface area contributed by atoms with Gasteiger partial charge in [-0.15, -0.1) is 0 Å². The summed E-state index contributed by atoms with van der Waals surface area (Å²) in [5, 5.41) is 12.0. The number of benzene rings is 1. The highest BCUT2D eigenvalue weighted by Crippen LogP contribution is 2.31. The Labute approximate surface area is 95.2 Å². The third-order valence-electron chi connectivity index (χ3n) is 3.59. The lowest BCUT2D eigenvalue weighted by molar-refractivity contribution is 0.462. The summed E-state index contributed by atoms with van der Waals surface area (Å²) in [6.07, 6.45) is 4.53. The summed E-state index contributed by atoms with van der Waals surface area (Å²) in [6, 6.07) is 4.32. The molecule has 1 fully saturated rings. The third-order valence-corrected chi connectivity index (χ3v) is 3.59. The number of aromatic amines is 1. The summed E-state index contributed by atoms with van der Waals surface area (Å²) in [6.45, 7) is 4.47. The largest absolute Gasteiger partial charge is 0.316 e. The Kier molecular flexibility index (Phi) is 2.40. The van der Waals surface area contributed by atoms with Crippen molar-refractivity contribution in [2.45, 2.75) is 25.7 Å². The van der Waals surface area contributed by atoms with Crippen LogP contribution in [-0.4, -0.2) is 23.3 Å². The number of rotatable bonds is 1. The van der Waals surface area contributed by atoms with Crippen LogP contribution in [0.15, 0.2) is 18.3 Å². The minimum absolute atomic E-state index is 0.648. The van der Waals surface area contributed by atoms with Gasteiger partial charge in [0.2, 0.25) is 0 Å². The molecule has 3 rings (SSSR count). The molecular formula is C13H17N3. The second-order valence-corrected chi connectivity index (χ2v) is 4.67. The van der Waals surface area contributed by atoms with Gasteiger partial charge >= 0.3 is 0 Å². The van der Waals surface area contributed by atoms with Gasteiger partial charge in [0, 0.05) is 11.9 Å². The van der Waals surface area contributed by atoms with E-state index in [0.29, 0.717) is 5.92 Å². The first-order valence-electron chi connectivity index (χ1n) is 5.99. The van der Waals surface area contributed by atoms with Gasteiger partial charge in [-0.1, -0.05) is 6.07 Å². The van der Waals surface area contributed by atoms with Gasteiger partial charge in [-0.25, -0.2) is 0 Å². The fourth-order valence-electron chi connectivity index (χ4n) is 2.79. The van der Waals surface area contributed by atoms with Crippen molar-refractivity contribution in [1.29, 1.82) is 0 Å². The minimum Gasteiger partial charge on any atom is -0.316 e. The van der Waals surface area contributed by atoms with E-state index in [1.165, 1.54) is 29.4 Å². The molecule has 1 aliphatic rings. The van der Waals surface area contributed by atoms with Crippen molar-refractivity contribution >= 4 is 10.9 Å². The predicted molar refractivity (Wildman–Crippen MR) is 65.7 cm³/mol. The number of aromatic nitrogens is 2. The molecule has 84 valence electrons. The van der Waals surface area contributed by atoms with E-state index in [2.05, 4.69) is 34.6 Å². The first kappa shape index (κ1) is 9.85. The quantitative estimate of drug-likeness (QED) is 0.766. The summed E-state index contributed by atoms with van der Waals surface area (Å²) in [4.78, 5) is 0. The van der Waals surface area contributed by atoms with Crippen molar-refractivity contribution in [1.82, 2.24) is 15.5 Å². The van der Waals surface area contributed by atoms with Gasteiger partial charge in [-0.3, -0.25) is 5.10 Å². The van der Waals surface area contributed by atoms with Crippen LogP contribution in [0.3, 0.4) is 0 Å². The zero-order valence-corrected chi connectivity index (χ0v) is 9.59. The molecule has 1 unspecified atom stereocenters. The molecule has 16 heavy (non-hydrogen) atoms. The van der Waals surface area contributed by atoms with E-state index in [0.717, 1.165) is 18.6 Å². The first-order chi connectivity index (χ1) is 7.86. The SMILES string of the molecule is Cc1ccc2[nH]ncc2c1C1CCCNC1. The average Bonchev–Trinajstić information content (AvgIpc) is 2.78. The number of hydrogen-bond donors (Lipinski definition) is 2. The molecule has 0 spiro atoms. The van der Waals surface area contributed by atoms with Crippen LogP contribution in [0.4, 0.5) is 0 Å². The molecule has 3 nitrogen and oxygen atoms in total. The maximum Gasteiger partial charge on any atom is 0.0653 e. The Balaban J connectivity index is 2.12. The van der Waals surface area contributed by atoms with Crippen LogP contribution in [-0.2, 0) is 0 Å². The van der Waals surface area contributed by atoms with Crippen LogP contribution >= 0.6 is 0 Å². The van der Waals surface area contributed by atoms with Crippen molar-refractivity contribution in [2.24, 2.45) is 0 Å². The van der Waals surface area contributed by atoms with Gasteiger partial charge in [0.25, 0.3) is 0 Å². The Bertz CT molecular complexity index is 495. The van der Waals surface area contributed by atoms with Crippen molar-refractivity contribution < 1.29 is 0 Å². The maximum atomic E-state index is 4.15. The van der Waals surface area contributed by atoms with Crippen molar-refractivity contribution in [3.63, 3.8) is 0 Å². The molecule has 2 aromatic rings. The second-order valence-electron chi connectivity index (χ2n) is 4.67. The molecule has 1 saturated heterocycles. The first-order valence-corrected chi connectivity index (χ1v) is 5.99. The highest BCUT2D eigenvalue weighted by atomic mass is 15.1. The van der Waals surface area contributed by atoms with Gasteiger partial charge in [0.15, 0.2) is 0 Å². The summed E-state index contributed by atoms with van der Waals surface area (Å²) in [5.74, 6) is 0.648. The number of nitrogens with zero attached hydrogens (tertiary/aromatic N) is 1. The lowest BCUT2D eigenvalue weighted by atomic mass is 9.87. The number of piperidine rings is 1. The van der Waals surface area contributed by atoms with E-state index >= 15 is 0 Å². The molecule has 1 aliphatic heterocycles. The molecule has 0 amide bonds. The summed E-state index contributed by atoms with van der Waals surface area (Å²) in [5.41, 5.74) is 4.03. The van der Waals surface area contributed by atoms with Crippen molar-refractivity contribution in [2.75, 3.05) is 13.1 Å². The standard InChI is InChI=1S/C13H17N3/c1-9-4-5-12-11(8-15-16-12)13(9)10-3-2-6-14-7-10/h4-5,8,10,14H,2-3,6-7H2,1H3,(H,15,16). The topological polar surface area (TPSA) is 40.7 Å². The van der Waals surface area contributed by atoms with Crippen LogP contribution in [0, 0.1) is 6.92 Å². The van der Waals surface area contributed by atoms with Crippen molar-refractivity contribution in [3.8, 4) is 0 Å². The molecule has 0 radical (unpaired) electrons. The summed E-state index contributed by atoms with van der Waals surface area (Å²) >= 11 is 0. The second kappa shape index (κ2) is 3.91. The van der Waals surface area contributed by atoms with Gasteiger partial charge in [0.05, 0.1) is 11.7 Å². The van der Waals surface area contributed by atoms with Gasteiger partial charge in [0.1, 0.15) is 0 Å². The lowest BCUT2D eigenvalue weighted by Gasteiger charge is -2.25. The van der Waals surface area contributed by atoms with Crippen molar-refractivity contribution in [3.05, 3.63) is 29.5 Å². The number of nitrogens with one attached hydrogen (secondary N) is 2. The number of H-pyrrole nitrogens is 1. The Morgan fingerprint density at radius 3 is 3.12 bits per heavy atom. The molecule has 1 aromatic carbocycles. The fourth-order valence-corrected chi connectivity index (χ4v) is 2.79. The monoisotopic (exact) mass is 215 g/mol. The van der Waals surface area contributed by atoms with Crippen LogP contribution in [0.1, 0.15) is 29.9 Å². The van der Waals surface area contributed by atoms with Crippen LogP contribution in [0.5, 0.6) is 0 Å². The van der Waals surface area contributed by atoms with E-state index < -0.39 is 0 Å². The van der Waals surface area contributed by atoms with E-state index in [1.54, 1.807) is 0 Å². The average molecular weight is 215 g/mol. The zero-order valence-electron chi connectivity index (χ0n) is 9.59. The fraction of sp³-hybridized carbons (Fsp3) is 0.462. The molecule has 0 bridgehead atoms. The molecular weight excluding hydrogens is 198 g/mol. The molecule has 0 saturated carbocycles.